The normalized spacial score (nSPS) is 13.9. The molecule has 2 amide bonds. The lowest BCUT2D eigenvalue weighted by atomic mass is 10.0. The molecule has 1 aliphatic carbocycles. The van der Waals surface area contributed by atoms with Crippen molar-refractivity contribution in [3.63, 3.8) is 0 Å². The lowest BCUT2D eigenvalue weighted by Gasteiger charge is -2.32. The molecule has 40 heavy (non-hydrogen) atoms. The van der Waals surface area contributed by atoms with Gasteiger partial charge < -0.3 is 24.4 Å². The molecule has 3 aromatic carbocycles. The van der Waals surface area contributed by atoms with E-state index in [1.807, 2.05) is 30.3 Å². The van der Waals surface area contributed by atoms with Crippen molar-refractivity contribution in [3.05, 3.63) is 87.9 Å². The van der Waals surface area contributed by atoms with Crippen molar-refractivity contribution in [2.24, 2.45) is 0 Å². The number of methoxy groups -OCH3 is 2. The molecule has 0 radical (unpaired) electrons. The molecule has 1 saturated carbocycles. The molecular weight excluding hydrogens is 551 g/mol. The third-order valence-electron chi connectivity index (χ3n) is 7.00. The van der Waals surface area contributed by atoms with Crippen LogP contribution in [-0.4, -0.2) is 49.6 Å². The molecule has 7 nitrogen and oxygen atoms in total. The van der Waals surface area contributed by atoms with E-state index in [4.69, 9.17) is 37.4 Å². The Morgan fingerprint density at radius 1 is 0.875 bits per heavy atom. The Bertz CT molecular complexity index is 1280. The second kappa shape index (κ2) is 14.3. The highest BCUT2D eigenvalue weighted by molar-refractivity contribution is 6.42. The number of ether oxygens (including phenoxy) is 3. The second-order valence-electron chi connectivity index (χ2n) is 9.80. The van der Waals surface area contributed by atoms with E-state index < -0.39 is 6.04 Å². The molecular formula is C31H34Cl2N2O5. The topological polar surface area (TPSA) is 77.1 Å². The van der Waals surface area contributed by atoms with Crippen LogP contribution in [0.15, 0.2) is 66.7 Å². The van der Waals surface area contributed by atoms with Crippen LogP contribution in [0.3, 0.4) is 0 Å². The number of benzene rings is 3. The van der Waals surface area contributed by atoms with Gasteiger partial charge in [-0.25, -0.2) is 0 Å². The molecule has 0 aliphatic heterocycles. The van der Waals surface area contributed by atoms with Crippen molar-refractivity contribution in [1.82, 2.24) is 10.2 Å². The number of nitrogens with zero attached hydrogens (tertiary/aromatic N) is 1. The van der Waals surface area contributed by atoms with E-state index in [2.05, 4.69) is 5.32 Å². The first-order valence-electron chi connectivity index (χ1n) is 13.3. The first-order valence-corrected chi connectivity index (χ1v) is 14.1. The minimum absolute atomic E-state index is 0.105. The van der Waals surface area contributed by atoms with Gasteiger partial charge in [0, 0.05) is 37.2 Å². The number of hydrogen-bond acceptors (Lipinski definition) is 5. The van der Waals surface area contributed by atoms with Crippen molar-refractivity contribution in [1.29, 1.82) is 0 Å². The molecule has 0 bridgehead atoms. The van der Waals surface area contributed by atoms with E-state index in [0.29, 0.717) is 33.7 Å². The Labute approximate surface area is 245 Å². The van der Waals surface area contributed by atoms with Crippen LogP contribution in [0, 0.1) is 0 Å². The highest BCUT2D eigenvalue weighted by Gasteiger charge is 2.32. The summed E-state index contributed by atoms with van der Waals surface area (Å²) in [7, 11) is 3.08. The molecule has 0 unspecified atom stereocenters. The fraction of sp³-hybridized carbons (Fsp3) is 0.355. The largest absolute Gasteiger partial charge is 0.496 e. The second-order valence-corrected chi connectivity index (χ2v) is 10.6. The molecule has 0 spiro atoms. The standard InChI is InChI=1S/C31H34Cl2N2O5/c1-38-24-16-25(39-2)18-26(17-24)40-20-30(36)35(19-22-12-13-27(32)28(33)14-22)29(15-21-8-4-3-5-9-21)31(37)34-23-10-6-7-11-23/h3-5,8-9,12-14,16-18,23,29H,6-7,10-11,15,19-20H2,1-2H3,(H,34,37)/t29-/m0/s1. The SMILES string of the molecule is COc1cc(OC)cc(OCC(=O)N(Cc2ccc(Cl)c(Cl)c2)[C@@H](Cc2ccccc2)C(=O)NC2CCCC2)c1. The van der Waals surface area contributed by atoms with Crippen LogP contribution in [-0.2, 0) is 22.6 Å². The van der Waals surface area contributed by atoms with Gasteiger partial charge in [0.1, 0.15) is 23.3 Å². The first kappa shape index (κ1) is 29.6. The summed E-state index contributed by atoms with van der Waals surface area (Å²) in [5.41, 5.74) is 1.69. The van der Waals surface area contributed by atoms with Gasteiger partial charge in [0.15, 0.2) is 6.61 Å². The molecule has 1 N–H and O–H groups in total. The van der Waals surface area contributed by atoms with Crippen LogP contribution in [0.5, 0.6) is 17.2 Å². The van der Waals surface area contributed by atoms with E-state index in [1.54, 1.807) is 55.5 Å². The van der Waals surface area contributed by atoms with Crippen molar-refractivity contribution in [2.75, 3.05) is 20.8 Å². The summed E-state index contributed by atoms with van der Waals surface area (Å²) in [5, 5.41) is 3.98. The molecule has 0 saturated heterocycles. The number of carbonyl (C=O) groups excluding carboxylic acids is 2. The number of carbonyl (C=O) groups is 2. The third-order valence-corrected chi connectivity index (χ3v) is 7.74. The summed E-state index contributed by atoms with van der Waals surface area (Å²) >= 11 is 12.4. The van der Waals surface area contributed by atoms with E-state index in [-0.39, 0.29) is 31.0 Å². The predicted octanol–water partition coefficient (Wildman–Crippen LogP) is 6.09. The molecule has 9 heteroatoms. The molecule has 3 aromatic rings. The number of rotatable bonds is 12. The summed E-state index contributed by atoms with van der Waals surface area (Å²) < 4.78 is 16.5. The van der Waals surface area contributed by atoms with Crippen LogP contribution in [0.2, 0.25) is 10.0 Å². The van der Waals surface area contributed by atoms with Crippen LogP contribution in [0.25, 0.3) is 0 Å². The average Bonchev–Trinajstić information content (AvgIpc) is 3.48. The van der Waals surface area contributed by atoms with E-state index in [9.17, 15) is 9.59 Å². The minimum Gasteiger partial charge on any atom is -0.496 e. The zero-order valence-electron chi connectivity index (χ0n) is 22.7. The van der Waals surface area contributed by atoms with Crippen molar-refractivity contribution in [2.45, 2.75) is 50.7 Å². The molecule has 1 atom stereocenters. The van der Waals surface area contributed by atoms with Crippen LogP contribution < -0.4 is 19.5 Å². The number of nitrogens with one attached hydrogen (secondary N) is 1. The van der Waals surface area contributed by atoms with E-state index in [1.165, 1.54) is 0 Å². The number of amides is 2. The van der Waals surface area contributed by atoms with Gasteiger partial charge in [0.25, 0.3) is 5.91 Å². The smallest absolute Gasteiger partial charge is 0.261 e. The Kier molecular flexibility index (Phi) is 10.6. The lowest BCUT2D eigenvalue weighted by Crippen LogP contribution is -2.53. The zero-order chi connectivity index (χ0) is 28.5. The summed E-state index contributed by atoms with van der Waals surface area (Å²) in [4.78, 5) is 29.2. The molecule has 0 aromatic heterocycles. The molecule has 212 valence electrons. The Morgan fingerprint density at radius 3 is 2.15 bits per heavy atom. The maximum atomic E-state index is 13.9. The quantitative estimate of drug-likeness (QED) is 0.279. The van der Waals surface area contributed by atoms with Gasteiger partial charge in [0.2, 0.25) is 5.91 Å². The van der Waals surface area contributed by atoms with Gasteiger partial charge in [-0.15, -0.1) is 0 Å². The van der Waals surface area contributed by atoms with E-state index >= 15 is 0 Å². The average molecular weight is 586 g/mol. The van der Waals surface area contributed by atoms with Gasteiger partial charge in [-0.1, -0.05) is 72.4 Å². The van der Waals surface area contributed by atoms with Gasteiger partial charge in [-0.05, 0) is 36.1 Å². The van der Waals surface area contributed by atoms with Crippen LogP contribution in [0.1, 0.15) is 36.8 Å². The zero-order valence-corrected chi connectivity index (χ0v) is 24.2. The molecule has 0 heterocycles. The van der Waals surface area contributed by atoms with Gasteiger partial charge in [-0.2, -0.15) is 0 Å². The number of hydrogen-bond donors (Lipinski definition) is 1. The summed E-state index contributed by atoms with van der Waals surface area (Å²) in [6, 6.07) is 19.3. The Hall–Kier alpha value is -3.42. The molecule has 4 rings (SSSR count). The monoisotopic (exact) mass is 584 g/mol. The van der Waals surface area contributed by atoms with Crippen molar-refractivity contribution >= 4 is 35.0 Å². The number of halogens is 2. The molecule has 1 fully saturated rings. The van der Waals surface area contributed by atoms with Gasteiger partial charge in [-0.3, -0.25) is 9.59 Å². The fourth-order valence-electron chi connectivity index (χ4n) is 4.85. The maximum absolute atomic E-state index is 13.9. The third kappa shape index (κ3) is 8.05. The summed E-state index contributed by atoms with van der Waals surface area (Å²) in [6.07, 6.45) is 4.38. The minimum atomic E-state index is -0.770. The Morgan fingerprint density at radius 2 is 1.52 bits per heavy atom. The van der Waals surface area contributed by atoms with Crippen LogP contribution >= 0.6 is 23.2 Å². The predicted molar refractivity (Wildman–Crippen MR) is 156 cm³/mol. The first-order chi connectivity index (χ1) is 19.4. The maximum Gasteiger partial charge on any atom is 0.261 e. The van der Waals surface area contributed by atoms with Gasteiger partial charge >= 0.3 is 0 Å². The highest BCUT2D eigenvalue weighted by atomic mass is 35.5. The summed E-state index contributed by atoms with van der Waals surface area (Å²) in [6.45, 7) is -0.143. The van der Waals surface area contributed by atoms with Gasteiger partial charge in [0.05, 0.1) is 24.3 Å². The molecule has 1 aliphatic rings. The fourth-order valence-corrected chi connectivity index (χ4v) is 5.17. The Balaban J connectivity index is 1.63. The van der Waals surface area contributed by atoms with Crippen molar-refractivity contribution in [3.8, 4) is 17.2 Å². The van der Waals surface area contributed by atoms with Crippen LogP contribution in [0.4, 0.5) is 0 Å². The van der Waals surface area contributed by atoms with Crippen molar-refractivity contribution < 1.29 is 23.8 Å². The highest BCUT2D eigenvalue weighted by Crippen LogP contribution is 2.28. The lowest BCUT2D eigenvalue weighted by molar-refractivity contribution is -0.143. The summed E-state index contributed by atoms with van der Waals surface area (Å²) in [5.74, 6) is 0.941. The van der Waals surface area contributed by atoms with E-state index in [0.717, 1.165) is 36.8 Å².